The molecule has 1 saturated carbocycles. The van der Waals surface area contributed by atoms with Crippen molar-refractivity contribution in [2.75, 3.05) is 19.8 Å². The average Bonchev–Trinajstić information content (AvgIpc) is 2.86. The highest BCUT2D eigenvalue weighted by Crippen LogP contribution is 2.38. The van der Waals surface area contributed by atoms with Gasteiger partial charge in [0.25, 0.3) is 0 Å². The summed E-state index contributed by atoms with van der Waals surface area (Å²) in [5.74, 6) is 0.763. The molecule has 0 aliphatic heterocycles. The molecule has 3 N–H and O–H groups in total. The van der Waals surface area contributed by atoms with Crippen molar-refractivity contribution in [3.05, 3.63) is 0 Å². The van der Waals surface area contributed by atoms with Crippen molar-refractivity contribution >= 4 is 5.91 Å². The number of nitrogens with one attached hydrogen (secondary N) is 1. The molecule has 124 valence electrons. The number of ether oxygens (including phenoxy) is 1. The van der Waals surface area contributed by atoms with Gasteiger partial charge in [-0.3, -0.25) is 4.79 Å². The molecule has 0 spiro atoms. The summed E-state index contributed by atoms with van der Waals surface area (Å²) >= 11 is 0. The van der Waals surface area contributed by atoms with Crippen molar-refractivity contribution in [3.63, 3.8) is 0 Å². The molecular weight excluding hydrogens is 264 g/mol. The molecule has 4 heteroatoms. The summed E-state index contributed by atoms with van der Waals surface area (Å²) in [5.41, 5.74) is 5.22. The molecule has 0 heterocycles. The third-order valence-electron chi connectivity index (χ3n) is 4.75. The molecule has 3 atom stereocenters. The zero-order valence-corrected chi connectivity index (χ0v) is 14.1. The van der Waals surface area contributed by atoms with Crippen LogP contribution in [0.1, 0.15) is 65.7 Å². The third kappa shape index (κ3) is 5.26. The summed E-state index contributed by atoms with van der Waals surface area (Å²) in [6, 6.07) is 0. The zero-order valence-electron chi connectivity index (χ0n) is 14.1. The van der Waals surface area contributed by atoms with Crippen LogP contribution in [0.4, 0.5) is 0 Å². The number of amides is 1. The zero-order chi connectivity index (χ0) is 15.7. The van der Waals surface area contributed by atoms with Gasteiger partial charge >= 0.3 is 0 Å². The molecule has 3 unspecified atom stereocenters. The summed E-state index contributed by atoms with van der Waals surface area (Å²) in [4.78, 5) is 12.0. The Bertz CT molecular complexity index is 309. The largest absolute Gasteiger partial charge is 0.381 e. The number of hydrogen-bond acceptors (Lipinski definition) is 3. The fraction of sp³-hybridized carbons (Fsp3) is 0.941. The summed E-state index contributed by atoms with van der Waals surface area (Å²) in [6.07, 6.45) is 7.40. The molecule has 21 heavy (non-hydrogen) atoms. The summed E-state index contributed by atoms with van der Waals surface area (Å²) in [6.45, 7) is 8.97. The Balaban J connectivity index is 2.42. The standard InChI is InChI=1S/C17H34N2O2/c1-4-7-14(3)13-21-12-9-15-8-6-10-17(15,16(18)20)19-11-5-2/h14-15,19H,4-13H2,1-3H3,(H2,18,20). The molecule has 0 radical (unpaired) electrons. The highest BCUT2D eigenvalue weighted by atomic mass is 16.5. The molecule has 1 fully saturated rings. The minimum Gasteiger partial charge on any atom is -0.381 e. The van der Waals surface area contributed by atoms with Crippen LogP contribution in [0.25, 0.3) is 0 Å². The molecule has 1 aliphatic carbocycles. The molecule has 0 aromatic rings. The van der Waals surface area contributed by atoms with E-state index < -0.39 is 5.54 Å². The Morgan fingerprint density at radius 1 is 1.43 bits per heavy atom. The van der Waals surface area contributed by atoms with E-state index in [9.17, 15) is 4.79 Å². The second-order valence-corrected chi connectivity index (χ2v) is 6.61. The number of primary amides is 1. The van der Waals surface area contributed by atoms with Crippen molar-refractivity contribution in [1.29, 1.82) is 0 Å². The molecule has 0 saturated heterocycles. The maximum absolute atomic E-state index is 12.0. The van der Waals surface area contributed by atoms with Gasteiger partial charge in [-0.05, 0) is 50.5 Å². The minimum atomic E-state index is -0.492. The predicted molar refractivity (Wildman–Crippen MR) is 87.1 cm³/mol. The maximum Gasteiger partial charge on any atom is 0.238 e. The van der Waals surface area contributed by atoms with Crippen LogP contribution in [0.3, 0.4) is 0 Å². The van der Waals surface area contributed by atoms with Gasteiger partial charge < -0.3 is 15.8 Å². The molecule has 0 bridgehead atoms. The number of carbonyl (C=O) groups excluding carboxylic acids is 1. The molecular formula is C17H34N2O2. The number of rotatable bonds is 11. The van der Waals surface area contributed by atoms with Crippen LogP contribution in [0, 0.1) is 11.8 Å². The van der Waals surface area contributed by atoms with Gasteiger partial charge in [0.2, 0.25) is 5.91 Å². The van der Waals surface area contributed by atoms with Gasteiger partial charge in [-0.2, -0.15) is 0 Å². The number of hydrogen-bond donors (Lipinski definition) is 2. The van der Waals surface area contributed by atoms with E-state index in [1.54, 1.807) is 0 Å². The van der Waals surface area contributed by atoms with Gasteiger partial charge in [0, 0.05) is 13.2 Å². The normalized spacial score (nSPS) is 26.9. The first-order chi connectivity index (χ1) is 10.1. The number of nitrogens with two attached hydrogens (primary N) is 1. The summed E-state index contributed by atoms with van der Waals surface area (Å²) < 4.78 is 5.81. The van der Waals surface area contributed by atoms with E-state index in [1.165, 1.54) is 12.8 Å². The molecule has 1 amide bonds. The van der Waals surface area contributed by atoms with Gasteiger partial charge in [-0.15, -0.1) is 0 Å². The van der Waals surface area contributed by atoms with Crippen LogP contribution in [-0.4, -0.2) is 31.2 Å². The number of carbonyl (C=O) groups is 1. The molecule has 1 aliphatic rings. The van der Waals surface area contributed by atoms with Crippen LogP contribution in [0.15, 0.2) is 0 Å². The molecule has 1 rings (SSSR count). The Morgan fingerprint density at radius 3 is 2.81 bits per heavy atom. The topological polar surface area (TPSA) is 64.3 Å². The van der Waals surface area contributed by atoms with Crippen molar-refractivity contribution in [1.82, 2.24) is 5.32 Å². The van der Waals surface area contributed by atoms with Crippen LogP contribution in [0.2, 0.25) is 0 Å². The SMILES string of the molecule is CCCNC1(C(N)=O)CCCC1CCOCC(C)CCC. The van der Waals surface area contributed by atoms with E-state index >= 15 is 0 Å². The Kier molecular flexibility index (Phi) is 8.27. The monoisotopic (exact) mass is 298 g/mol. The lowest BCUT2D eigenvalue weighted by molar-refractivity contribution is -0.126. The lowest BCUT2D eigenvalue weighted by Gasteiger charge is -2.33. The summed E-state index contributed by atoms with van der Waals surface area (Å²) in [7, 11) is 0. The smallest absolute Gasteiger partial charge is 0.238 e. The molecule has 0 aromatic carbocycles. The second-order valence-electron chi connectivity index (χ2n) is 6.61. The first kappa shape index (κ1) is 18.4. The lowest BCUT2D eigenvalue weighted by atomic mass is 9.84. The van der Waals surface area contributed by atoms with E-state index in [1.807, 2.05) is 0 Å². The van der Waals surface area contributed by atoms with Gasteiger partial charge in [-0.25, -0.2) is 0 Å². The van der Waals surface area contributed by atoms with Gasteiger partial charge in [0.1, 0.15) is 5.54 Å². The predicted octanol–water partition coefficient (Wildman–Crippen LogP) is 2.85. The highest BCUT2D eigenvalue weighted by Gasteiger charge is 2.46. The van der Waals surface area contributed by atoms with Gasteiger partial charge in [0.05, 0.1) is 0 Å². The van der Waals surface area contributed by atoms with Crippen molar-refractivity contribution in [3.8, 4) is 0 Å². The van der Waals surface area contributed by atoms with Gasteiger partial charge in [0.15, 0.2) is 0 Å². The van der Waals surface area contributed by atoms with E-state index in [0.717, 1.165) is 51.9 Å². The van der Waals surface area contributed by atoms with E-state index in [-0.39, 0.29) is 5.91 Å². The first-order valence-electron chi connectivity index (χ1n) is 8.69. The lowest BCUT2D eigenvalue weighted by Crippen LogP contribution is -2.58. The highest BCUT2D eigenvalue weighted by molar-refractivity contribution is 5.85. The fourth-order valence-electron chi connectivity index (χ4n) is 3.55. The van der Waals surface area contributed by atoms with Crippen LogP contribution in [-0.2, 0) is 9.53 Å². The van der Waals surface area contributed by atoms with Crippen LogP contribution < -0.4 is 11.1 Å². The van der Waals surface area contributed by atoms with Crippen molar-refractivity contribution in [2.24, 2.45) is 17.6 Å². The maximum atomic E-state index is 12.0. The van der Waals surface area contributed by atoms with E-state index in [4.69, 9.17) is 10.5 Å². The summed E-state index contributed by atoms with van der Waals surface area (Å²) in [5, 5.41) is 3.43. The van der Waals surface area contributed by atoms with Crippen LogP contribution >= 0.6 is 0 Å². The average molecular weight is 298 g/mol. The van der Waals surface area contributed by atoms with E-state index in [2.05, 4.69) is 26.1 Å². The Morgan fingerprint density at radius 2 is 2.19 bits per heavy atom. The Labute approximate surface area is 130 Å². The minimum absolute atomic E-state index is 0.183. The first-order valence-corrected chi connectivity index (χ1v) is 8.69. The van der Waals surface area contributed by atoms with Crippen LogP contribution in [0.5, 0.6) is 0 Å². The Hall–Kier alpha value is -0.610. The van der Waals surface area contributed by atoms with Gasteiger partial charge in [-0.1, -0.05) is 33.6 Å². The third-order valence-corrected chi connectivity index (χ3v) is 4.75. The molecule has 4 nitrogen and oxygen atoms in total. The van der Waals surface area contributed by atoms with Crippen molar-refractivity contribution < 1.29 is 9.53 Å². The fourth-order valence-corrected chi connectivity index (χ4v) is 3.55. The van der Waals surface area contributed by atoms with E-state index in [0.29, 0.717) is 11.8 Å². The quantitative estimate of drug-likeness (QED) is 0.576. The molecule has 0 aromatic heterocycles. The van der Waals surface area contributed by atoms with Crippen molar-refractivity contribution in [2.45, 2.75) is 71.3 Å². The second kappa shape index (κ2) is 9.42.